The van der Waals surface area contributed by atoms with Crippen molar-refractivity contribution in [1.29, 1.82) is 0 Å². The highest BCUT2D eigenvalue weighted by molar-refractivity contribution is 6.14. The Balaban J connectivity index is 1.17. The molecule has 0 aliphatic heterocycles. The van der Waals surface area contributed by atoms with E-state index in [1.807, 2.05) is 66.7 Å². The quantitative estimate of drug-likeness (QED) is 0.175. The third-order valence-electron chi connectivity index (χ3n) is 10.1. The van der Waals surface area contributed by atoms with Gasteiger partial charge in [0.1, 0.15) is 22.3 Å². The van der Waals surface area contributed by atoms with Gasteiger partial charge in [0.25, 0.3) is 0 Å². The highest BCUT2D eigenvalue weighted by atomic mass is 16.3. The number of aromatic nitrogens is 3. The monoisotopic (exact) mass is 665 g/mol. The predicted octanol–water partition coefficient (Wildman–Crippen LogP) is 12.6. The van der Waals surface area contributed by atoms with Gasteiger partial charge in [0.05, 0.1) is 0 Å². The zero-order valence-corrected chi connectivity index (χ0v) is 27.7. The first kappa shape index (κ1) is 28.7. The van der Waals surface area contributed by atoms with Gasteiger partial charge in [-0.1, -0.05) is 121 Å². The smallest absolute Gasteiger partial charge is 0.164 e. The fourth-order valence-corrected chi connectivity index (χ4v) is 7.59. The van der Waals surface area contributed by atoms with Crippen LogP contribution in [-0.2, 0) is 0 Å². The Hall–Kier alpha value is -7.11. The molecular formula is C47H27N3O2. The van der Waals surface area contributed by atoms with Gasteiger partial charge in [0.15, 0.2) is 17.5 Å². The number of furan rings is 2. The minimum Gasteiger partial charge on any atom is -0.456 e. The van der Waals surface area contributed by atoms with Crippen LogP contribution in [0, 0.1) is 0 Å². The number of nitrogens with zero attached hydrogens (tertiary/aromatic N) is 3. The lowest BCUT2D eigenvalue weighted by Gasteiger charge is -2.12. The van der Waals surface area contributed by atoms with E-state index in [0.29, 0.717) is 17.5 Å². The summed E-state index contributed by atoms with van der Waals surface area (Å²) in [4.78, 5) is 15.5. The second-order valence-corrected chi connectivity index (χ2v) is 13.2. The molecule has 0 fully saturated rings. The summed E-state index contributed by atoms with van der Waals surface area (Å²) in [6, 6.07) is 56.4. The molecule has 52 heavy (non-hydrogen) atoms. The molecule has 8 aromatic carbocycles. The maximum atomic E-state index is 6.54. The van der Waals surface area contributed by atoms with Crippen LogP contribution in [0.3, 0.4) is 0 Å². The highest BCUT2D eigenvalue weighted by Crippen LogP contribution is 2.41. The Morgan fingerprint density at radius 3 is 1.73 bits per heavy atom. The summed E-state index contributed by atoms with van der Waals surface area (Å²) in [7, 11) is 0. The second kappa shape index (κ2) is 11.2. The van der Waals surface area contributed by atoms with Crippen LogP contribution in [0.5, 0.6) is 0 Å². The zero-order chi connectivity index (χ0) is 34.2. The Kier molecular flexibility index (Phi) is 6.18. The summed E-state index contributed by atoms with van der Waals surface area (Å²) in [5.74, 6) is 1.78. The molecular weight excluding hydrogens is 639 g/mol. The van der Waals surface area contributed by atoms with Crippen molar-refractivity contribution in [2.45, 2.75) is 0 Å². The normalized spacial score (nSPS) is 11.8. The van der Waals surface area contributed by atoms with E-state index < -0.39 is 0 Å². The fourth-order valence-electron chi connectivity index (χ4n) is 7.59. The van der Waals surface area contributed by atoms with E-state index in [9.17, 15) is 0 Å². The number of para-hydroxylation sites is 2. The van der Waals surface area contributed by atoms with E-state index in [4.69, 9.17) is 23.8 Å². The summed E-state index contributed by atoms with van der Waals surface area (Å²) in [5.41, 5.74) is 7.97. The van der Waals surface area contributed by atoms with Gasteiger partial charge < -0.3 is 8.83 Å². The molecule has 11 aromatic rings. The average Bonchev–Trinajstić information content (AvgIpc) is 3.78. The van der Waals surface area contributed by atoms with Gasteiger partial charge >= 0.3 is 0 Å². The van der Waals surface area contributed by atoms with Crippen molar-refractivity contribution in [1.82, 2.24) is 15.0 Å². The van der Waals surface area contributed by atoms with Crippen LogP contribution in [0.4, 0.5) is 0 Å². The third kappa shape index (κ3) is 4.53. The van der Waals surface area contributed by atoms with E-state index >= 15 is 0 Å². The zero-order valence-electron chi connectivity index (χ0n) is 27.7. The summed E-state index contributed by atoms with van der Waals surface area (Å²) >= 11 is 0. The Labute approximate surface area is 297 Å². The predicted molar refractivity (Wildman–Crippen MR) is 211 cm³/mol. The minimum atomic E-state index is 0.574. The third-order valence-corrected chi connectivity index (χ3v) is 10.1. The standard InChI is InChI=1S/C47H27N3O2/c1-2-11-30(12-3-1)45-48-46(32-21-20-29-19-18-28-10-4-5-13-34(28)38(29)24-32)50-47(49-45)39-25-33(27-43-44(39)37-15-7-9-17-41(37)52-43)31-22-23-36-35-14-6-8-16-40(35)51-42(36)26-31/h1-27H. The second-order valence-electron chi connectivity index (χ2n) is 13.2. The molecule has 3 heterocycles. The highest BCUT2D eigenvalue weighted by Gasteiger charge is 2.20. The van der Waals surface area contributed by atoms with Crippen LogP contribution in [0.25, 0.3) is 111 Å². The van der Waals surface area contributed by atoms with Gasteiger partial charge in [-0.25, -0.2) is 15.0 Å². The molecule has 0 atom stereocenters. The Bertz CT molecular complexity index is 3190. The van der Waals surface area contributed by atoms with Gasteiger partial charge in [-0.05, 0) is 75.1 Å². The van der Waals surface area contributed by atoms with Crippen LogP contribution in [-0.4, -0.2) is 15.0 Å². The largest absolute Gasteiger partial charge is 0.456 e. The van der Waals surface area contributed by atoms with Crippen LogP contribution < -0.4 is 0 Å². The lowest BCUT2D eigenvalue weighted by atomic mass is 9.97. The number of benzene rings is 8. The molecule has 11 rings (SSSR count). The van der Waals surface area contributed by atoms with Gasteiger partial charge in [-0.2, -0.15) is 0 Å². The van der Waals surface area contributed by atoms with Crippen molar-refractivity contribution in [3.05, 3.63) is 164 Å². The van der Waals surface area contributed by atoms with Crippen molar-refractivity contribution in [2.24, 2.45) is 0 Å². The van der Waals surface area contributed by atoms with Crippen molar-refractivity contribution in [3.63, 3.8) is 0 Å². The SMILES string of the molecule is c1ccc(-c2nc(-c3ccc4ccc5ccccc5c4c3)nc(-c3cc(-c4ccc5c(c4)oc4ccccc45)cc4oc5ccccc5c34)n2)cc1. The molecule has 0 saturated heterocycles. The summed E-state index contributed by atoms with van der Waals surface area (Å²) in [6.07, 6.45) is 0. The maximum absolute atomic E-state index is 6.54. The van der Waals surface area contributed by atoms with E-state index in [0.717, 1.165) is 77.1 Å². The molecule has 242 valence electrons. The molecule has 3 aromatic heterocycles. The number of rotatable bonds is 4. The number of hydrogen-bond acceptors (Lipinski definition) is 5. The van der Waals surface area contributed by atoms with Crippen molar-refractivity contribution in [3.8, 4) is 45.3 Å². The molecule has 0 amide bonds. The Morgan fingerprint density at radius 2 is 0.885 bits per heavy atom. The summed E-state index contributed by atoms with van der Waals surface area (Å²) in [6.45, 7) is 0. The molecule has 0 aliphatic carbocycles. The first-order valence-corrected chi connectivity index (χ1v) is 17.3. The first-order valence-electron chi connectivity index (χ1n) is 17.3. The van der Waals surface area contributed by atoms with Gasteiger partial charge in [0, 0.05) is 38.2 Å². The first-order chi connectivity index (χ1) is 25.7. The van der Waals surface area contributed by atoms with Gasteiger partial charge in [-0.15, -0.1) is 0 Å². The minimum absolute atomic E-state index is 0.574. The van der Waals surface area contributed by atoms with E-state index in [1.165, 1.54) is 16.2 Å². The van der Waals surface area contributed by atoms with Gasteiger partial charge in [0.2, 0.25) is 0 Å². The van der Waals surface area contributed by atoms with Crippen molar-refractivity contribution in [2.75, 3.05) is 0 Å². The molecule has 0 saturated carbocycles. The maximum Gasteiger partial charge on any atom is 0.164 e. The van der Waals surface area contributed by atoms with Crippen LogP contribution in [0.15, 0.2) is 173 Å². The van der Waals surface area contributed by atoms with E-state index in [1.54, 1.807) is 0 Å². The van der Waals surface area contributed by atoms with Crippen LogP contribution in [0.2, 0.25) is 0 Å². The lowest BCUT2D eigenvalue weighted by molar-refractivity contribution is 0.668. The molecule has 0 N–H and O–H groups in total. The van der Waals surface area contributed by atoms with E-state index in [-0.39, 0.29) is 0 Å². The van der Waals surface area contributed by atoms with E-state index in [2.05, 4.69) is 97.1 Å². The molecule has 0 bridgehead atoms. The van der Waals surface area contributed by atoms with Gasteiger partial charge in [-0.3, -0.25) is 0 Å². The van der Waals surface area contributed by atoms with Crippen molar-refractivity contribution < 1.29 is 8.83 Å². The number of fused-ring (bicyclic) bond motifs is 9. The van der Waals surface area contributed by atoms with Crippen LogP contribution in [0.1, 0.15) is 0 Å². The van der Waals surface area contributed by atoms with Crippen molar-refractivity contribution >= 4 is 65.4 Å². The molecule has 0 aliphatic rings. The molecule has 0 unspecified atom stereocenters. The fraction of sp³-hybridized carbons (Fsp3) is 0. The Morgan fingerprint density at radius 1 is 0.308 bits per heavy atom. The van der Waals surface area contributed by atoms with Crippen LogP contribution >= 0.6 is 0 Å². The number of hydrogen-bond donors (Lipinski definition) is 0. The summed E-state index contributed by atoms with van der Waals surface area (Å²) in [5, 5.41) is 8.87. The average molecular weight is 666 g/mol. The topological polar surface area (TPSA) is 65.0 Å². The molecule has 5 heteroatoms. The molecule has 0 spiro atoms. The summed E-state index contributed by atoms with van der Waals surface area (Å²) < 4.78 is 12.8. The molecule has 0 radical (unpaired) electrons. The molecule has 5 nitrogen and oxygen atoms in total. The lowest BCUT2D eigenvalue weighted by Crippen LogP contribution is -2.00.